The van der Waals surface area contributed by atoms with E-state index in [0.717, 1.165) is 47.7 Å². The number of thiophene rings is 1. The van der Waals surface area contributed by atoms with Crippen molar-refractivity contribution in [1.29, 1.82) is 0 Å². The van der Waals surface area contributed by atoms with Gasteiger partial charge in [-0.1, -0.05) is 0 Å². The number of carboxylic acid groups (broad SMARTS) is 1. The van der Waals surface area contributed by atoms with E-state index in [4.69, 9.17) is 9.97 Å². The van der Waals surface area contributed by atoms with Gasteiger partial charge in [0.05, 0.1) is 5.39 Å². The summed E-state index contributed by atoms with van der Waals surface area (Å²) >= 11 is 1.82. The summed E-state index contributed by atoms with van der Waals surface area (Å²) in [6.45, 7) is 0.789. The van der Waals surface area contributed by atoms with Crippen LogP contribution in [0, 0.1) is 0 Å². The van der Waals surface area contributed by atoms with Crippen LogP contribution in [0.25, 0.3) is 10.2 Å². The molecule has 2 aliphatic carbocycles. The second-order valence-electron chi connectivity index (χ2n) is 7.26. The molecule has 126 valence electrons. The number of fused-ring (bicyclic) bond motifs is 3. The molecule has 3 heterocycles. The lowest BCUT2D eigenvalue weighted by Gasteiger charge is -2.24. The third kappa shape index (κ3) is 2.23. The summed E-state index contributed by atoms with van der Waals surface area (Å²) in [5.41, 5.74) is 1.40. The first-order valence-corrected chi connectivity index (χ1v) is 9.85. The maximum absolute atomic E-state index is 11.7. The summed E-state index contributed by atoms with van der Waals surface area (Å²) in [7, 11) is 0. The van der Waals surface area contributed by atoms with Crippen molar-refractivity contribution in [2.24, 2.45) is 0 Å². The third-order valence-corrected chi connectivity index (χ3v) is 6.75. The van der Waals surface area contributed by atoms with Gasteiger partial charge >= 0.3 is 5.97 Å². The number of aliphatic carboxylic acids is 1. The van der Waals surface area contributed by atoms with Crippen LogP contribution < -0.4 is 4.90 Å². The van der Waals surface area contributed by atoms with Crippen molar-refractivity contribution in [3.05, 3.63) is 16.3 Å². The number of nitrogens with zero attached hydrogens (tertiary/aromatic N) is 3. The van der Waals surface area contributed by atoms with Crippen LogP contribution in [0.1, 0.15) is 60.7 Å². The molecule has 5 nitrogen and oxygen atoms in total. The van der Waals surface area contributed by atoms with Gasteiger partial charge in [-0.15, -0.1) is 11.3 Å². The molecule has 0 spiro atoms. The predicted octanol–water partition coefficient (Wildman–Crippen LogP) is 3.50. The predicted molar refractivity (Wildman–Crippen MR) is 94.0 cm³/mol. The Labute approximate surface area is 144 Å². The molecule has 1 saturated carbocycles. The van der Waals surface area contributed by atoms with Crippen LogP contribution in [-0.4, -0.2) is 33.6 Å². The Morgan fingerprint density at radius 2 is 1.96 bits per heavy atom. The number of hydrogen-bond acceptors (Lipinski definition) is 5. The average molecular weight is 343 g/mol. The first-order chi connectivity index (χ1) is 11.7. The van der Waals surface area contributed by atoms with Crippen LogP contribution in [0.5, 0.6) is 0 Å². The molecule has 3 aliphatic rings. The van der Waals surface area contributed by atoms with Crippen molar-refractivity contribution in [3.8, 4) is 0 Å². The van der Waals surface area contributed by atoms with E-state index in [9.17, 15) is 9.90 Å². The zero-order valence-corrected chi connectivity index (χ0v) is 14.4. The van der Waals surface area contributed by atoms with E-state index in [-0.39, 0.29) is 0 Å². The maximum Gasteiger partial charge on any atom is 0.326 e. The zero-order valence-electron chi connectivity index (χ0n) is 13.6. The summed E-state index contributed by atoms with van der Waals surface area (Å²) in [6.07, 6.45) is 8.65. The van der Waals surface area contributed by atoms with Gasteiger partial charge in [0.2, 0.25) is 0 Å². The highest BCUT2D eigenvalue weighted by atomic mass is 32.1. The van der Waals surface area contributed by atoms with E-state index in [1.807, 2.05) is 16.2 Å². The number of hydrogen-bond donors (Lipinski definition) is 1. The number of carbonyl (C=O) groups is 1. The fourth-order valence-electron chi connectivity index (χ4n) is 4.16. The smallest absolute Gasteiger partial charge is 0.326 e. The number of carboxylic acids is 1. The lowest BCUT2D eigenvalue weighted by Crippen LogP contribution is -2.36. The van der Waals surface area contributed by atoms with Crippen molar-refractivity contribution < 1.29 is 9.90 Å². The topological polar surface area (TPSA) is 66.3 Å². The van der Waals surface area contributed by atoms with Crippen LogP contribution in [-0.2, 0) is 17.6 Å². The van der Waals surface area contributed by atoms with Crippen LogP contribution in [0.3, 0.4) is 0 Å². The second kappa shape index (κ2) is 5.41. The van der Waals surface area contributed by atoms with Crippen LogP contribution in [0.4, 0.5) is 5.82 Å². The molecule has 24 heavy (non-hydrogen) atoms. The monoisotopic (exact) mass is 343 g/mol. The minimum Gasteiger partial charge on any atom is -0.480 e. The molecule has 0 radical (unpaired) electrons. The van der Waals surface area contributed by atoms with Gasteiger partial charge in [0.15, 0.2) is 0 Å². The normalized spacial score (nSPS) is 23.7. The van der Waals surface area contributed by atoms with E-state index in [1.165, 1.54) is 36.1 Å². The Hall–Kier alpha value is -1.69. The van der Waals surface area contributed by atoms with E-state index < -0.39 is 12.0 Å². The summed E-state index contributed by atoms with van der Waals surface area (Å²) < 4.78 is 0. The fraction of sp³-hybridized carbons (Fsp3) is 0.611. The molecule has 0 amide bonds. The molecule has 1 saturated heterocycles. The molecule has 0 bridgehead atoms. The number of anilines is 1. The van der Waals surface area contributed by atoms with Gasteiger partial charge in [-0.3, -0.25) is 0 Å². The Morgan fingerprint density at radius 1 is 1.12 bits per heavy atom. The quantitative estimate of drug-likeness (QED) is 0.924. The molecule has 2 aromatic heterocycles. The molecule has 2 fully saturated rings. The summed E-state index contributed by atoms with van der Waals surface area (Å²) in [5, 5.41) is 10.8. The number of aryl methyl sites for hydroxylation is 2. The van der Waals surface area contributed by atoms with Gasteiger partial charge in [-0.05, 0) is 56.9 Å². The van der Waals surface area contributed by atoms with Crippen LogP contribution in [0.15, 0.2) is 0 Å². The lowest BCUT2D eigenvalue weighted by molar-refractivity contribution is -0.138. The van der Waals surface area contributed by atoms with E-state index >= 15 is 0 Å². The molecule has 5 rings (SSSR count). The van der Waals surface area contributed by atoms with E-state index in [0.29, 0.717) is 12.3 Å². The first-order valence-electron chi connectivity index (χ1n) is 9.04. The largest absolute Gasteiger partial charge is 0.480 e. The van der Waals surface area contributed by atoms with Gasteiger partial charge in [0, 0.05) is 17.3 Å². The molecule has 1 N–H and O–H groups in total. The lowest BCUT2D eigenvalue weighted by atomic mass is 9.97. The second-order valence-corrected chi connectivity index (χ2v) is 8.34. The molecule has 6 heteroatoms. The Bertz CT molecular complexity index is 827. The van der Waals surface area contributed by atoms with Gasteiger partial charge in [0.1, 0.15) is 22.5 Å². The standard InChI is InChI=1S/C18H21N3O2S/c22-18(23)12-5-3-9-21(12)16-14-11-4-1-2-6-13(11)24-17(14)20-15(19-16)10-7-8-10/h10,12H,1-9H2,(H,22,23)/t12-/m1/s1. The highest BCUT2D eigenvalue weighted by Crippen LogP contribution is 2.45. The summed E-state index contributed by atoms with van der Waals surface area (Å²) in [4.78, 5) is 26.1. The highest BCUT2D eigenvalue weighted by Gasteiger charge is 2.36. The summed E-state index contributed by atoms with van der Waals surface area (Å²) in [5.74, 6) is 1.60. The fourth-order valence-corrected chi connectivity index (χ4v) is 5.43. The van der Waals surface area contributed by atoms with Crippen LogP contribution >= 0.6 is 11.3 Å². The first kappa shape index (κ1) is 14.6. The van der Waals surface area contributed by atoms with Gasteiger partial charge < -0.3 is 10.0 Å². The molecule has 1 atom stereocenters. The Morgan fingerprint density at radius 3 is 2.75 bits per heavy atom. The molecular weight excluding hydrogens is 322 g/mol. The minimum absolute atomic E-state index is 0.436. The van der Waals surface area contributed by atoms with Gasteiger partial charge in [-0.2, -0.15) is 0 Å². The van der Waals surface area contributed by atoms with Gasteiger partial charge in [-0.25, -0.2) is 14.8 Å². The molecule has 0 aromatic carbocycles. The van der Waals surface area contributed by atoms with Gasteiger partial charge in [0.25, 0.3) is 0 Å². The average Bonchev–Trinajstić information content (AvgIpc) is 3.19. The van der Waals surface area contributed by atoms with Crippen molar-refractivity contribution in [2.75, 3.05) is 11.4 Å². The number of aromatic nitrogens is 2. The molecule has 1 aliphatic heterocycles. The van der Waals surface area contributed by atoms with E-state index in [1.54, 1.807) is 0 Å². The Balaban J connectivity index is 1.72. The summed E-state index contributed by atoms with van der Waals surface area (Å²) in [6, 6.07) is -0.436. The minimum atomic E-state index is -0.726. The number of rotatable bonds is 3. The molecule has 2 aromatic rings. The zero-order chi connectivity index (χ0) is 16.3. The van der Waals surface area contributed by atoms with E-state index in [2.05, 4.69) is 0 Å². The molecule has 0 unspecified atom stereocenters. The van der Waals surface area contributed by atoms with Crippen molar-refractivity contribution in [2.45, 2.75) is 63.3 Å². The maximum atomic E-state index is 11.7. The van der Waals surface area contributed by atoms with Crippen molar-refractivity contribution >= 4 is 33.3 Å². The highest BCUT2D eigenvalue weighted by molar-refractivity contribution is 7.19. The SMILES string of the molecule is O=C(O)[C@H]1CCCN1c1nc(C2CC2)nc2sc3c(c12)CCCC3. The van der Waals surface area contributed by atoms with Crippen molar-refractivity contribution in [1.82, 2.24) is 9.97 Å². The third-order valence-electron chi connectivity index (χ3n) is 5.57. The molecular formula is C18H21N3O2S. The Kier molecular flexibility index (Phi) is 3.30. The van der Waals surface area contributed by atoms with Crippen molar-refractivity contribution in [3.63, 3.8) is 0 Å². The van der Waals surface area contributed by atoms with Crippen LogP contribution in [0.2, 0.25) is 0 Å².